The van der Waals surface area contributed by atoms with Gasteiger partial charge in [-0.1, -0.05) is 20.8 Å². The van der Waals surface area contributed by atoms with Gasteiger partial charge in [-0.2, -0.15) is 0 Å². The molecule has 1 aliphatic rings. The largest absolute Gasteiger partial charge is 0.394 e. The highest BCUT2D eigenvalue weighted by molar-refractivity contribution is 4.78. The summed E-state index contributed by atoms with van der Waals surface area (Å²) in [6.45, 7) is 7.74. The molecule has 0 bridgehead atoms. The van der Waals surface area contributed by atoms with Gasteiger partial charge in [-0.15, -0.1) is 0 Å². The zero-order chi connectivity index (χ0) is 9.19. The van der Waals surface area contributed by atoms with Gasteiger partial charge in [-0.05, 0) is 24.2 Å². The van der Waals surface area contributed by atoms with Crippen LogP contribution in [0.2, 0.25) is 0 Å². The highest BCUT2D eigenvalue weighted by Gasteiger charge is 2.29. The van der Waals surface area contributed by atoms with Gasteiger partial charge in [-0.25, -0.2) is 0 Å². The van der Waals surface area contributed by atoms with Crippen LogP contribution >= 0.6 is 0 Å². The molecule has 1 heterocycles. The van der Waals surface area contributed by atoms with Crippen molar-refractivity contribution in [3.63, 3.8) is 0 Å². The molecule has 2 nitrogen and oxygen atoms in total. The van der Waals surface area contributed by atoms with Gasteiger partial charge in [0.05, 0.1) is 19.3 Å². The minimum absolute atomic E-state index is 0.101. The molecule has 2 atom stereocenters. The van der Waals surface area contributed by atoms with Crippen LogP contribution in [0.15, 0.2) is 0 Å². The summed E-state index contributed by atoms with van der Waals surface area (Å²) < 4.78 is 5.52. The summed E-state index contributed by atoms with van der Waals surface area (Å²) in [6.07, 6.45) is 2.30. The SMILES string of the molecule is CC(C)(C)[C@@H]1CC[C@H](CO)OC1. The van der Waals surface area contributed by atoms with Gasteiger partial charge in [-0.3, -0.25) is 0 Å². The van der Waals surface area contributed by atoms with Crippen molar-refractivity contribution in [2.24, 2.45) is 11.3 Å². The van der Waals surface area contributed by atoms with Crippen molar-refractivity contribution in [1.29, 1.82) is 0 Å². The molecular weight excluding hydrogens is 152 g/mol. The monoisotopic (exact) mass is 172 g/mol. The molecule has 1 saturated heterocycles. The number of rotatable bonds is 1. The second-order valence-electron chi connectivity index (χ2n) is 4.78. The van der Waals surface area contributed by atoms with Gasteiger partial charge < -0.3 is 9.84 Å². The normalized spacial score (nSPS) is 32.0. The van der Waals surface area contributed by atoms with Crippen LogP contribution in [0.1, 0.15) is 33.6 Å². The number of ether oxygens (including phenoxy) is 1. The fourth-order valence-electron chi connectivity index (χ4n) is 1.63. The van der Waals surface area contributed by atoms with E-state index in [1.165, 1.54) is 6.42 Å². The molecular formula is C10H20O2. The molecule has 0 unspecified atom stereocenters. The Kier molecular flexibility index (Phi) is 3.13. The predicted octanol–water partition coefficient (Wildman–Crippen LogP) is 1.82. The number of aliphatic hydroxyl groups excluding tert-OH is 1. The molecule has 0 saturated carbocycles. The maximum absolute atomic E-state index is 8.86. The second kappa shape index (κ2) is 3.75. The fraction of sp³-hybridized carbons (Fsp3) is 1.00. The van der Waals surface area contributed by atoms with Gasteiger partial charge in [0.2, 0.25) is 0 Å². The summed E-state index contributed by atoms with van der Waals surface area (Å²) in [4.78, 5) is 0. The van der Waals surface area contributed by atoms with E-state index in [0.29, 0.717) is 11.3 Å². The minimum Gasteiger partial charge on any atom is -0.394 e. The van der Waals surface area contributed by atoms with E-state index in [0.717, 1.165) is 13.0 Å². The molecule has 72 valence electrons. The van der Waals surface area contributed by atoms with E-state index >= 15 is 0 Å². The predicted molar refractivity (Wildman–Crippen MR) is 49.0 cm³/mol. The number of aliphatic hydroxyl groups is 1. The topological polar surface area (TPSA) is 29.5 Å². The van der Waals surface area contributed by atoms with E-state index in [1.807, 2.05) is 0 Å². The Morgan fingerprint density at radius 3 is 2.33 bits per heavy atom. The lowest BCUT2D eigenvalue weighted by Crippen LogP contribution is -2.34. The first-order chi connectivity index (χ1) is 5.54. The average Bonchev–Trinajstić information content (AvgIpc) is 2.03. The Bertz CT molecular complexity index is 129. The molecule has 1 aliphatic heterocycles. The zero-order valence-corrected chi connectivity index (χ0v) is 8.34. The summed E-state index contributed by atoms with van der Waals surface area (Å²) >= 11 is 0. The van der Waals surface area contributed by atoms with Crippen molar-refractivity contribution in [2.75, 3.05) is 13.2 Å². The third kappa shape index (κ3) is 2.46. The molecule has 12 heavy (non-hydrogen) atoms. The van der Waals surface area contributed by atoms with E-state index in [2.05, 4.69) is 20.8 Å². The molecule has 1 N–H and O–H groups in total. The lowest BCUT2D eigenvalue weighted by Gasteiger charge is -2.36. The van der Waals surface area contributed by atoms with Crippen molar-refractivity contribution in [2.45, 2.75) is 39.7 Å². The van der Waals surface area contributed by atoms with Gasteiger partial charge in [0.1, 0.15) is 0 Å². The third-order valence-corrected chi connectivity index (χ3v) is 2.80. The van der Waals surface area contributed by atoms with Crippen molar-refractivity contribution in [3.05, 3.63) is 0 Å². The highest BCUT2D eigenvalue weighted by Crippen LogP contribution is 2.33. The smallest absolute Gasteiger partial charge is 0.0806 e. The lowest BCUT2D eigenvalue weighted by atomic mass is 9.77. The maximum Gasteiger partial charge on any atom is 0.0806 e. The molecule has 0 radical (unpaired) electrons. The quantitative estimate of drug-likeness (QED) is 0.653. The fourth-order valence-corrected chi connectivity index (χ4v) is 1.63. The van der Waals surface area contributed by atoms with Crippen LogP contribution in [0.25, 0.3) is 0 Å². The van der Waals surface area contributed by atoms with Crippen LogP contribution < -0.4 is 0 Å². The van der Waals surface area contributed by atoms with Crippen LogP contribution in [0, 0.1) is 11.3 Å². The Morgan fingerprint density at radius 1 is 1.33 bits per heavy atom. The second-order valence-corrected chi connectivity index (χ2v) is 4.78. The molecule has 0 spiro atoms. The summed E-state index contributed by atoms with van der Waals surface area (Å²) in [5, 5.41) is 8.86. The maximum atomic E-state index is 8.86. The van der Waals surface area contributed by atoms with E-state index < -0.39 is 0 Å². The van der Waals surface area contributed by atoms with E-state index in [9.17, 15) is 0 Å². The molecule has 2 heteroatoms. The molecule has 0 aromatic carbocycles. The molecule has 0 aliphatic carbocycles. The Labute approximate surface area is 74.9 Å². The average molecular weight is 172 g/mol. The number of hydrogen-bond donors (Lipinski definition) is 1. The number of hydrogen-bond acceptors (Lipinski definition) is 2. The standard InChI is InChI=1S/C10H20O2/c1-10(2,3)8-4-5-9(6-11)12-7-8/h8-9,11H,4-7H2,1-3H3/t8-,9-/m1/s1. The molecule has 1 rings (SSSR count). The Hall–Kier alpha value is -0.0800. The first kappa shape index (κ1) is 10.0. The highest BCUT2D eigenvalue weighted by atomic mass is 16.5. The lowest BCUT2D eigenvalue weighted by molar-refractivity contribution is -0.0663. The van der Waals surface area contributed by atoms with Gasteiger partial charge in [0.25, 0.3) is 0 Å². The summed E-state index contributed by atoms with van der Waals surface area (Å²) in [5.41, 5.74) is 0.348. The van der Waals surface area contributed by atoms with Gasteiger partial charge in [0, 0.05) is 0 Å². The van der Waals surface area contributed by atoms with Gasteiger partial charge >= 0.3 is 0 Å². The van der Waals surface area contributed by atoms with E-state index in [4.69, 9.17) is 9.84 Å². The van der Waals surface area contributed by atoms with Crippen LogP contribution in [-0.4, -0.2) is 24.4 Å². The molecule has 0 aromatic heterocycles. The van der Waals surface area contributed by atoms with Crippen LogP contribution in [0.3, 0.4) is 0 Å². The van der Waals surface area contributed by atoms with E-state index in [-0.39, 0.29) is 12.7 Å². The Balaban J connectivity index is 2.36. The van der Waals surface area contributed by atoms with Crippen molar-refractivity contribution >= 4 is 0 Å². The molecule has 0 aromatic rings. The third-order valence-electron chi connectivity index (χ3n) is 2.80. The zero-order valence-electron chi connectivity index (χ0n) is 8.34. The summed E-state index contributed by atoms with van der Waals surface area (Å²) in [6, 6.07) is 0. The summed E-state index contributed by atoms with van der Waals surface area (Å²) in [5.74, 6) is 0.653. The van der Waals surface area contributed by atoms with Crippen LogP contribution in [0.5, 0.6) is 0 Å². The van der Waals surface area contributed by atoms with Crippen molar-refractivity contribution < 1.29 is 9.84 Å². The van der Waals surface area contributed by atoms with Crippen LogP contribution in [0.4, 0.5) is 0 Å². The first-order valence-electron chi connectivity index (χ1n) is 4.76. The Morgan fingerprint density at radius 2 is 2.00 bits per heavy atom. The van der Waals surface area contributed by atoms with Crippen LogP contribution in [-0.2, 0) is 4.74 Å². The summed E-state index contributed by atoms with van der Waals surface area (Å²) in [7, 11) is 0. The van der Waals surface area contributed by atoms with Gasteiger partial charge in [0.15, 0.2) is 0 Å². The first-order valence-corrected chi connectivity index (χ1v) is 4.76. The molecule has 0 amide bonds. The molecule has 1 fully saturated rings. The minimum atomic E-state index is 0.101. The van der Waals surface area contributed by atoms with E-state index in [1.54, 1.807) is 0 Å². The van der Waals surface area contributed by atoms with Crippen molar-refractivity contribution in [1.82, 2.24) is 0 Å². The van der Waals surface area contributed by atoms with Crippen molar-refractivity contribution in [3.8, 4) is 0 Å².